The zero-order valence-corrected chi connectivity index (χ0v) is 61.5. The van der Waals surface area contributed by atoms with Crippen LogP contribution < -0.4 is 81.4 Å². The Hall–Kier alpha value is -8.68. The van der Waals surface area contributed by atoms with E-state index in [1.54, 1.807) is 41.5 Å². The summed E-state index contributed by atoms with van der Waals surface area (Å²) in [5.41, 5.74) is 23.1. The maximum atomic E-state index is 14.5. The van der Waals surface area contributed by atoms with Crippen LogP contribution in [0.5, 0.6) is 0 Å². The quantitative estimate of drug-likeness (QED) is 0.0253. The van der Waals surface area contributed by atoms with E-state index in [-0.39, 0.29) is 88.2 Å². The minimum atomic E-state index is -1.89. The van der Waals surface area contributed by atoms with E-state index in [4.69, 9.17) is 22.9 Å². The third kappa shape index (κ3) is 31.7. The van der Waals surface area contributed by atoms with Crippen LogP contribution in [0.4, 0.5) is 0 Å². The lowest BCUT2D eigenvalue weighted by Crippen LogP contribution is -2.62. The van der Waals surface area contributed by atoms with Gasteiger partial charge in [0.05, 0.1) is 25.8 Å². The van der Waals surface area contributed by atoms with Crippen LogP contribution in [0.2, 0.25) is 0 Å². The van der Waals surface area contributed by atoms with E-state index in [0.29, 0.717) is 51.5 Å². The number of carbonyl (C=O) groups excluding carboxylic acids is 14. The lowest BCUT2D eigenvalue weighted by Gasteiger charge is -2.32. The number of hydrogen-bond donors (Lipinski definition) is 19. The number of likely N-dealkylation sites (tertiary alicyclic amines) is 2. The average molecular weight is 1480 g/mol. The minimum Gasteiger partial charge on any atom is -0.481 e. The Morgan fingerprint density at radius 2 is 0.875 bits per heavy atom. The van der Waals surface area contributed by atoms with Gasteiger partial charge in [-0.15, -0.1) is 0 Å². The highest BCUT2D eigenvalue weighted by atomic mass is 16.4. The zero-order chi connectivity index (χ0) is 78.7. The molecule has 104 heavy (non-hydrogen) atoms. The molecule has 14 atom stereocenters. The lowest BCUT2D eigenvalue weighted by atomic mass is 9.96. The molecule has 23 N–H and O–H groups in total. The zero-order valence-electron chi connectivity index (χ0n) is 61.5. The number of carboxylic acids is 2. The Morgan fingerprint density at radius 3 is 1.36 bits per heavy atom. The fraction of sp³-hybridized carbons (Fsp3) is 0.761. The topological polar surface area (TPSA) is 597 Å². The summed E-state index contributed by atoms with van der Waals surface area (Å²) in [6.45, 7) is 13.2. The van der Waals surface area contributed by atoms with E-state index in [1.807, 2.05) is 13.8 Å². The number of aliphatic carboxylic acids is 2. The van der Waals surface area contributed by atoms with Crippen LogP contribution in [0.1, 0.15) is 178 Å². The van der Waals surface area contributed by atoms with Crippen molar-refractivity contribution in [2.45, 2.75) is 256 Å². The molecule has 0 aliphatic carbocycles. The van der Waals surface area contributed by atoms with Crippen molar-refractivity contribution in [3.63, 3.8) is 0 Å². The largest absolute Gasteiger partial charge is 0.481 e. The van der Waals surface area contributed by atoms with Gasteiger partial charge in [0.15, 0.2) is 0 Å². The van der Waals surface area contributed by atoms with Crippen molar-refractivity contribution >= 4 is 94.6 Å². The van der Waals surface area contributed by atoms with Gasteiger partial charge < -0.3 is 112 Å². The minimum absolute atomic E-state index is 0.00500. The maximum absolute atomic E-state index is 14.5. The van der Waals surface area contributed by atoms with Gasteiger partial charge in [-0.05, 0) is 140 Å². The number of aliphatic hydroxyl groups is 2. The molecule has 0 spiro atoms. The molecule has 2 fully saturated rings. The van der Waals surface area contributed by atoms with E-state index < -0.39 is 219 Å². The van der Waals surface area contributed by atoms with Crippen molar-refractivity contribution in [1.82, 2.24) is 68.3 Å². The second-order valence-electron chi connectivity index (χ2n) is 28.0. The van der Waals surface area contributed by atoms with Crippen LogP contribution in [-0.4, -0.2) is 249 Å². The molecule has 0 bridgehead atoms. The van der Waals surface area contributed by atoms with Crippen LogP contribution in [0.3, 0.4) is 0 Å². The van der Waals surface area contributed by atoms with Crippen molar-refractivity contribution in [3.05, 3.63) is 0 Å². The maximum Gasteiger partial charge on any atom is 0.325 e. The highest BCUT2D eigenvalue weighted by Crippen LogP contribution is 2.27. The summed E-state index contributed by atoms with van der Waals surface area (Å²) in [7, 11) is 0. The Balaban J connectivity index is 2.39. The Morgan fingerprint density at radius 1 is 0.462 bits per heavy atom. The second kappa shape index (κ2) is 46.9. The molecule has 0 aromatic heterocycles. The number of rotatable bonds is 49. The van der Waals surface area contributed by atoms with Crippen LogP contribution in [0.25, 0.3) is 0 Å². The van der Waals surface area contributed by atoms with Gasteiger partial charge in [-0.2, -0.15) is 0 Å². The Labute approximate surface area is 607 Å². The molecular formula is C67H117N17O20. The van der Waals surface area contributed by atoms with Crippen LogP contribution >= 0.6 is 0 Å². The Kier molecular flexibility index (Phi) is 41.2. The first kappa shape index (κ1) is 91.4. The standard InChI is InChI=1S/C67H117N17O20/c1-10-38(8)54(64(100)78-44(22-24-53(89)90)57(93)79-46(31-37(6)7)60(96)75-41(17-11-13-25-68)55(91)72-32-52(88)74-45(30-36(4)5)59(95)73-39(9)67(103)104)82-58(94)42(18-12-14-26-69)76-56(92)43(21-23-51(71)87)77-61(97)47(33-85)80-62(98)48(34-86)81-63(99)49-19-15-27-83(49)66(102)50-20-16-28-84(50)65(101)40(70)29-35(2)3/h35-50,54,85-86H,10-34,68-70H2,1-9H3,(H2,71,87)(H,72,91)(H,73,95)(H,74,88)(H,75,96)(H,76,92)(H,77,97)(H,78,100)(H,79,93)(H,80,98)(H,81,99)(H,82,94)(H,89,90)(H,103,104)/t38-,39-,40-,41-,42-,43-,44-,45-,46-,47-,48-,49-,50-,54-/m0/s1. The number of hydrogen-bond acceptors (Lipinski definition) is 21. The van der Waals surface area contributed by atoms with Gasteiger partial charge in [0.25, 0.3) is 0 Å². The molecule has 0 aromatic rings. The molecule has 0 saturated carbocycles. The smallest absolute Gasteiger partial charge is 0.325 e. The van der Waals surface area contributed by atoms with Gasteiger partial charge >= 0.3 is 11.9 Å². The molecule has 0 unspecified atom stereocenters. The summed E-state index contributed by atoms with van der Waals surface area (Å²) >= 11 is 0. The molecule has 2 heterocycles. The summed E-state index contributed by atoms with van der Waals surface area (Å²) in [6, 6.07) is -18.1. The van der Waals surface area contributed by atoms with Gasteiger partial charge in [-0.25, -0.2) is 0 Å². The predicted molar refractivity (Wildman–Crippen MR) is 376 cm³/mol. The van der Waals surface area contributed by atoms with Gasteiger partial charge in [0.1, 0.15) is 72.5 Å². The normalized spacial score (nSPS) is 17.7. The van der Waals surface area contributed by atoms with Gasteiger partial charge in [-0.1, -0.05) is 61.8 Å². The number of primary amides is 1. The number of nitrogens with two attached hydrogens (primary N) is 4. The van der Waals surface area contributed by atoms with Crippen molar-refractivity contribution < 1.29 is 97.1 Å². The monoisotopic (exact) mass is 1480 g/mol. The number of nitrogens with one attached hydrogen (secondary N) is 11. The lowest BCUT2D eigenvalue weighted by molar-refractivity contribution is -0.147. The van der Waals surface area contributed by atoms with Crippen molar-refractivity contribution in [2.24, 2.45) is 46.6 Å². The molecule has 590 valence electrons. The van der Waals surface area contributed by atoms with Crippen molar-refractivity contribution in [3.8, 4) is 0 Å². The highest BCUT2D eigenvalue weighted by molar-refractivity contribution is 6.00. The highest BCUT2D eigenvalue weighted by Gasteiger charge is 2.44. The summed E-state index contributed by atoms with van der Waals surface area (Å²) in [5, 5.41) is 66.8. The first-order chi connectivity index (χ1) is 48.9. The average Bonchev–Trinajstić information content (AvgIpc) is 1.65. The number of carbonyl (C=O) groups is 16. The molecule has 2 aliphatic heterocycles. The summed E-state index contributed by atoms with van der Waals surface area (Å²) in [5.74, 6) is -16.3. The van der Waals surface area contributed by atoms with Gasteiger partial charge in [-0.3, -0.25) is 76.7 Å². The first-order valence-electron chi connectivity index (χ1n) is 36.0. The number of aliphatic hydroxyl groups excluding tert-OH is 2. The SMILES string of the molecule is CC[C@H](C)[C@H](NC(=O)[C@H](CCCCN)NC(=O)[C@H](CCC(N)=O)NC(=O)[C@H](CO)NC(=O)[C@H](CO)NC(=O)[C@@H]1CCCN1C(=O)[C@@H]1CCCN1C(=O)[C@@H](N)CC(C)C)C(=O)N[C@@H](CCC(=O)O)C(=O)N[C@@H](CC(C)C)C(=O)N[C@@H](CCCCN)C(=O)NCC(=O)N[C@@H](CC(C)C)C(=O)N[C@@H](C)C(=O)O. The molecule has 2 aliphatic rings. The second-order valence-corrected chi connectivity index (χ2v) is 28.0. The molecule has 0 aromatic carbocycles. The van der Waals surface area contributed by atoms with Crippen molar-refractivity contribution in [1.29, 1.82) is 0 Å². The molecule has 37 nitrogen and oxygen atoms in total. The fourth-order valence-corrected chi connectivity index (χ4v) is 11.8. The van der Waals surface area contributed by atoms with Crippen LogP contribution in [-0.2, 0) is 76.7 Å². The molecule has 37 heteroatoms. The van der Waals surface area contributed by atoms with Crippen molar-refractivity contribution in [2.75, 3.05) is 45.9 Å². The van der Waals surface area contributed by atoms with Crippen LogP contribution in [0, 0.1) is 23.7 Å². The van der Waals surface area contributed by atoms with Gasteiger partial charge in [0.2, 0.25) is 82.7 Å². The molecule has 0 radical (unpaired) electrons. The molecule has 2 saturated heterocycles. The predicted octanol–water partition coefficient (Wildman–Crippen LogP) is -5.08. The molecule has 14 amide bonds. The third-order valence-electron chi connectivity index (χ3n) is 17.7. The number of unbranched alkanes of at least 4 members (excludes halogenated alkanes) is 2. The number of nitrogens with zero attached hydrogens (tertiary/aromatic N) is 2. The summed E-state index contributed by atoms with van der Waals surface area (Å²) < 4.78 is 0. The van der Waals surface area contributed by atoms with E-state index in [1.165, 1.54) is 16.7 Å². The third-order valence-corrected chi connectivity index (χ3v) is 17.7. The molecular weight excluding hydrogens is 1360 g/mol. The van der Waals surface area contributed by atoms with E-state index in [9.17, 15) is 97.1 Å². The fourth-order valence-electron chi connectivity index (χ4n) is 11.8. The first-order valence-corrected chi connectivity index (χ1v) is 36.0. The molecule has 2 rings (SSSR count). The van der Waals surface area contributed by atoms with E-state index in [2.05, 4.69) is 58.5 Å². The van der Waals surface area contributed by atoms with E-state index in [0.717, 1.165) is 0 Å². The number of carboxylic acid groups (broad SMARTS) is 2. The Bertz CT molecular complexity index is 2920. The summed E-state index contributed by atoms with van der Waals surface area (Å²) in [4.78, 5) is 219. The van der Waals surface area contributed by atoms with Crippen LogP contribution in [0.15, 0.2) is 0 Å². The van der Waals surface area contributed by atoms with E-state index >= 15 is 0 Å². The summed E-state index contributed by atoms with van der Waals surface area (Å²) in [6.07, 6.45) is 0.840. The number of amides is 14. The van der Waals surface area contributed by atoms with Gasteiger partial charge in [0, 0.05) is 25.9 Å².